The third kappa shape index (κ3) is 2.18. The lowest BCUT2D eigenvalue weighted by molar-refractivity contribution is 0.192. The van der Waals surface area contributed by atoms with Crippen molar-refractivity contribution in [2.24, 2.45) is 7.05 Å². The zero-order valence-electron chi connectivity index (χ0n) is 14.6. The van der Waals surface area contributed by atoms with Crippen LogP contribution in [0.25, 0.3) is 11.0 Å². The van der Waals surface area contributed by atoms with Crippen LogP contribution in [0.2, 0.25) is 5.02 Å². The maximum absolute atomic E-state index is 12.9. The fourth-order valence-electron chi connectivity index (χ4n) is 4.13. The molecule has 0 aromatic carbocycles. The van der Waals surface area contributed by atoms with Gasteiger partial charge in [-0.3, -0.25) is 14.3 Å². The summed E-state index contributed by atoms with van der Waals surface area (Å²) in [5, 5.41) is 1.66. The highest BCUT2D eigenvalue weighted by Gasteiger charge is 2.36. The Morgan fingerprint density at radius 1 is 1.29 bits per heavy atom. The molecule has 0 saturated carbocycles. The minimum Gasteiger partial charge on any atom is -0.365 e. The van der Waals surface area contributed by atoms with E-state index in [9.17, 15) is 4.79 Å². The molecule has 0 aliphatic carbocycles. The molecule has 0 bridgehead atoms. The number of hydrogen-bond acceptors (Lipinski definition) is 4. The predicted molar refractivity (Wildman–Crippen MR) is 98.3 cm³/mol. The Morgan fingerprint density at radius 3 is 2.79 bits per heavy atom. The summed E-state index contributed by atoms with van der Waals surface area (Å²) < 4.78 is 1.68. The number of anilines is 1. The van der Waals surface area contributed by atoms with E-state index >= 15 is 0 Å². The van der Waals surface area contributed by atoms with Crippen molar-refractivity contribution in [1.82, 2.24) is 14.5 Å². The van der Waals surface area contributed by atoms with Gasteiger partial charge >= 0.3 is 0 Å². The van der Waals surface area contributed by atoms with E-state index < -0.39 is 0 Å². The molecule has 128 valence electrons. The van der Waals surface area contributed by atoms with Gasteiger partial charge in [0.15, 0.2) is 0 Å². The van der Waals surface area contributed by atoms with Crippen LogP contribution in [0.1, 0.15) is 24.6 Å². The highest BCUT2D eigenvalue weighted by atomic mass is 35.5. The average Bonchev–Trinajstić information content (AvgIpc) is 2.55. The van der Waals surface area contributed by atoms with E-state index in [0.29, 0.717) is 17.1 Å². The van der Waals surface area contributed by atoms with E-state index in [-0.39, 0.29) is 5.56 Å². The summed E-state index contributed by atoms with van der Waals surface area (Å²) in [4.78, 5) is 22.3. The first-order chi connectivity index (χ1) is 11.4. The summed E-state index contributed by atoms with van der Waals surface area (Å²) in [5.74, 6) is 0. The van der Waals surface area contributed by atoms with Gasteiger partial charge in [-0.15, -0.1) is 0 Å². The normalized spacial score (nSPS) is 24.1. The van der Waals surface area contributed by atoms with Gasteiger partial charge in [0.2, 0.25) is 0 Å². The molecular weight excluding hydrogens is 324 g/mol. The second kappa shape index (κ2) is 5.46. The molecule has 0 spiro atoms. The molecule has 2 aliphatic rings. The molecule has 2 aromatic rings. The number of likely N-dealkylation sites (N-methyl/N-ethyl adjacent to an activating group) is 1. The van der Waals surface area contributed by atoms with Gasteiger partial charge in [-0.25, -0.2) is 4.98 Å². The summed E-state index contributed by atoms with van der Waals surface area (Å²) in [6.07, 6.45) is 1.85. The van der Waals surface area contributed by atoms with E-state index in [1.807, 2.05) is 20.0 Å². The van der Waals surface area contributed by atoms with Crippen molar-refractivity contribution in [3.05, 3.63) is 32.7 Å². The van der Waals surface area contributed by atoms with Crippen molar-refractivity contribution in [3.8, 4) is 0 Å². The number of halogens is 1. The van der Waals surface area contributed by atoms with E-state index in [4.69, 9.17) is 11.6 Å². The predicted octanol–water partition coefficient (Wildman–Crippen LogP) is 2.35. The molecule has 0 radical (unpaired) electrons. The minimum atomic E-state index is 0.0803. The third-order valence-corrected chi connectivity index (χ3v) is 6.10. The Bertz CT molecular complexity index is 891. The third-order valence-electron chi connectivity index (χ3n) is 5.72. The van der Waals surface area contributed by atoms with Crippen molar-refractivity contribution in [3.63, 3.8) is 0 Å². The first kappa shape index (κ1) is 15.9. The zero-order valence-corrected chi connectivity index (χ0v) is 15.4. The number of fused-ring (bicyclic) bond motifs is 5. The average molecular weight is 347 g/mol. The van der Waals surface area contributed by atoms with Gasteiger partial charge in [-0.2, -0.15) is 0 Å². The van der Waals surface area contributed by atoms with Crippen LogP contribution in [0.5, 0.6) is 0 Å². The van der Waals surface area contributed by atoms with Gasteiger partial charge in [0.1, 0.15) is 5.65 Å². The number of hydrogen-bond donors (Lipinski definition) is 0. The van der Waals surface area contributed by atoms with Crippen LogP contribution in [0.3, 0.4) is 0 Å². The minimum absolute atomic E-state index is 0.0803. The second-order valence-corrected chi connectivity index (χ2v) is 7.66. The Balaban J connectivity index is 2.02. The standard InChI is InChI=1S/C18H23ClN4O/c1-10-8-23-12(9-21(10)3)5-6-13-16(23)14-7-15(19)11(2)20-17(14)22(4)18(13)24/h7,10,12H,5-6,8-9H2,1-4H3. The van der Waals surface area contributed by atoms with E-state index in [1.165, 1.54) is 0 Å². The summed E-state index contributed by atoms with van der Waals surface area (Å²) in [7, 11) is 3.99. The van der Waals surface area contributed by atoms with Gasteiger partial charge < -0.3 is 4.90 Å². The molecular formula is C18H23ClN4O. The van der Waals surface area contributed by atoms with Gasteiger partial charge in [-0.1, -0.05) is 11.6 Å². The molecule has 1 fully saturated rings. The smallest absolute Gasteiger partial charge is 0.257 e. The first-order valence-corrected chi connectivity index (χ1v) is 8.92. The van der Waals surface area contributed by atoms with Crippen molar-refractivity contribution in [2.75, 3.05) is 25.0 Å². The van der Waals surface area contributed by atoms with Gasteiger partial charge in [0.05, 0.1) is 16.4 Å². The summed E-state index contributed by atoms with van der Waals surface area (Å²) >= 11 is 6.37. The van der Waals surface area contributed by atoms with Crippen LogP contribution in [0.15, 0.2) is 10.9 Å². The Kier molecular flexibility index (Phi) is 3.62. The molecule has 24 heavy (non-hydrogen) atoms. The molecule has 1 saturated heterocycles. The fourth-order valence-corrected chi connectivity index (χ4v) is 4.28. The van der Waals surface area contributed by atoms with Crippen LogP contribution in [-0.2, 0) is 13.5 Å². The van der Waals surface area contributed by atoms with Crippen LogP contribution >= 0.6 is 11.6 Å². The summed E-state index contributed by atoms with van der Waals surface area (Å²) in [6.45, 7) is 6.09. The fraction of sp³-hybridized carbons (Fsp3) is 0.556. The lowest BCUT2D eigenvalue weighted by atomic mass is 9.92. The molecule has 2 atom stereocenters. The number of pyridine rings is 2. The highest BCUT2D eigenvalue weighted by Crippen LogP contribution is 2.38. The summed E-state index contributed by atoms with van der Waals surface area (Å²) in [5.41, 5.74) is 3.56. The van der Waals surface area contributed by atoms with Crippen LogP contribution < -0.4 is 10.5 Å². The molecule has 2 aromatic heterocycles. The van der Waals surface area contributed by atoms with E-state index in [0.717, 1.165) is 53.9 Å². The number of aromatic nitrogens is 2. The number of nitrogens with zero attached hydrogens (tertiary/aromatic N) is 4. The van der Waals surface area contributed by atoms with Crippen LogP contribution in [-0.4, -0.2) is 46.7 Å². The molecule has 4 rings (SSSR count). The van der Waals surface area contributed by atoms with Crippen molar-refractivity contribution in [1.29, 1.82) is 0 Å². The monoisotopic (exact) mass is 346 g/mol. The number of rotatable bonds is 0. The number of piperazine rings is 1. The Morgan fingerprint density at radius 2 is 2.04 bits per heavy atom. The quantitative estimate of drug-likeness (QED) is 0.734. The van der Waals surface area contributed by atoms with Crippen LogP contribution in [0, 0.1) is 6.92 Å². The molecule has 0 amide bonds. The molecule has 2 unspecified atom stereocenters. The SMILES string of the molecule is Cc1nc2c(cc1Cl)c1c(c(=O)n2C)CCC2CN(C)C(C)CN12. The van der Waals surface area contributed by atoms with Crippen LogP contribution in [0.4, 0.5) is 5.69 Å². The Labute approximate surface area is 146 Å². The molecule has 0 N–H and O–H groups in total. The second-order valence-electron chi connectivity index (χ2n) is 7.25. The highest BCUT2D eigenvalue weighted by molar-refractivity contribution is 6.32. The topological polar surface area (TPSA) is 41.4 Å². The van der Waals surface area contributed by atoms with Gasteiger partial charge in [-0.05, 0) is 39.8 Å². The lowest BCUT2D eigenvalue weighted by Crippen LogP contribution is -2.58. The van der Waals surface area contributed by atoms with E-state index in [1.54, 1.807) is 4.57 Å². The molecule has 6 heteroatoms. The maximum Gasteiger partial charge on any atom is 0.257 e. The molecule has 5 nitrogen and oxygen atoms in total. The van der Waals surface area contributed by atoms with E-state index in [2.05, 4.69) is 28.8 Å². The first-order valence-electron chi connectivity index (χ1n) is 8.54. The summed E-state index contributed by atoms with van der Waals surface area (Å²) in [6, 6.07) is 2.90. The Hall–Kier alpha value is -1.59. The van der Waals surface area contributed by atoms with Crippen molar-refractivity contribution < 1.29 is 0 Å². The lowest BCUT2D eigenvalue weighted by Gasteiger charge is -2.48. The van der Waals surface area contributed by atoms with Gasteiger partial charge in [0, 0.05) is 43.2 Å². The zero-order chi connectivity index (χ0) is 17.2. The van der Waals surface area contributed by atoms with Gasteiger partial charge in [0.25, 0.3) is 5.56 Å². The maximum atomic E-state index is 12.9. The largest absolute Gasteiger partial charge is 0.365 e. The van der Waals surface area contributed by atoms with Crippen molar-refractivity contribution >= 4 is 28.3 Å². The molecule has 2 aliphatic heterocycles. The molecule has 4 heterocycles. The van der Waals surface area contributed by atoms with Crippen molar-refractivity contribution in [2.45, 2.75) is 38.8 Å². The number of aryl methyl sites for hydroxylation is 2.